The molecule has 2 fully saturated rings. The molecule has 0 aromatic heterocycles. The predicted octanol–water partition coefficient (Wildman–Crippen LogP) is 2.76. The zero-order valence-corrected chi connectivity index (χ0v) is 17.8. The molecular formula is C24H33N5O. The fourth-order valence-electron chi connectivity index (χ4n) is 4.43. The molecule has 2 aromatic carbocycles. The van der Waals surface area contributed by atoms with Gasteiger partial charge < -0.3 is 16.0 Å². The summed E-state index contributed by atoms with van der Waals surface area (Å²) in [6.45, 7) is 4.72. The molecule has 0 spiro atoms. The molecule has 2 heterocycles. The van der Waals surface area contributed by atoms with E-state index >= 15 is 0 Å². The van der Waals surface area contributed by atoms with Crippen LogP contribution in [0.1, 0.15) is 30.9 Å². The van der Waals surface area contributed by atoms with Gasteiger partial charge in [0.15, 0.2) is 0 Å². The topological polar surface area (TPSA) is 68.4 Å². The summed E-state index contributed by atoms with van der Waals surface area (Å²) >= 11 is 0. The molecule has 160 valence electrons. The van der Waals surface area contributed by atoms with Gasteiger partial charge in [-0.3, -0.25) is 4.79 Å². The lowest BCUT2D eigenvalue weighted by Crippen LogP contribution is -2.41. The van der Waals surface area contributed by atoms with Crippen molar-refractivity contribution >= 4 is 11.6 Å². The van der Waals surface area contributed by atoms with E-state index in [2.05, 4.69) is 68.8 Å². The molecule has 0 saturated carbocycles. The zero-order chi connectivity index (χ0) is 20.8. The number of amides is 1. The highest BCUT2D eigenvalue weighted by molar-refractivity contribution is 5.81. The molecule has 0 bridgehead atoms. The molecule has 1 amide bonds. The highest BCUT2D eigenvalue weighted by Crippen LogP contribution is 2.31. The fourth-order valence-corrected chi connectivity index (χ4v) is 4.43. The highest BCUT2D eigenvalue weighted by atomic mass is 16.1. The number of hydrazine groups is 1. The number of anilines is 1. The maximum Gasteiger partial charge on any atom is 0.239 e. The molecular weight excluding hydrogens is 374 g/mol. The molecule has 2 aromatic rings. The van der Waals surface area contributed by atoms with Gasteiger partial charge in [0.2, 0.25) is 5.91 Å². The standard InChI is InChI=1S/C24H33N5O/c1-25-24(30)16-27-22-13-20(19-7-3-2-4-8-19)12-21(14-22)23-9-11-29(28-23)17-18-6-5-10-26-15-18/h2-4,7-8,12-14,18,23,26-28H,5-6,9-11,15-17H2,1H3,(H,25,30). The Morgan fingerprint density at radius 2 is 2.00 bits per heavy atom. The Balaban J connectivity index is 1.50. The normalized spacial score (nSPS) is 22.0. The van der Waals surface area contributed by atoms with Gasteiger partial charge in [0, 0.05) is 31.9 Å². The molecule has 2 unspecified atom stereocenters. The summed E-state index contributed by atoms with van der Waals surface area (Å²) in [5.74, 6) is 0.707. The monoisotopic (exact) mass is 407 g/mol. The van der Waals surface area contributed by atoms with Crippen molar-refractivity contribution in [3.8, 4) is 11.1 Å². The molecule has 2 atom stereocenters. The van der Waals surface area contributed by atoms with E-state index in [-0.39, 0.29) is 12.5 Å². The third-order valence-corrected chi connectivity index (χ3v) is 6.10. The Labute approximate surface area is 179 Å². The highest BCUT2D eigenvalue weighted by Gasteiger charge is 2.26. The van der Waals surface area contributed by atoms with E-state index in [4.69, 9.17) is 0 Å². The number of nitrogens with one attached hydrogen (secondary N) is 4. The summed E-state index contributed by atoms with van der Waals surface area (Å²) in [5.41, 5.74) is 8.33. The van der Waals surface area contributed by atoms with Crippen molar-refractivity contribution in [2.75, 3.05) is 45.1 Å². The Morgan fingerprint density at radius 3 is 2.77 bits per heavy atom. The fraction of sp³-hybridized carbons (Fsp3) is 0.458. The lowest BCUT2D eigenvalue weighted by Gasteiger charge is -2.28. The molecule has 2 aliphatic heterocycles. The third kappa shape index (κ3) is 5.39. The average molecular weight is 408 g/mol. The van der Waals surface area contributed by atoms with Crippen LogP contribution in [0, 0.1) is 5.92 Å². The van der Waals surface area contributed by atoms with Gasteiger partial charge in [-0.1, -0.05) is 30.3 Å². The summed E-state index contributed by atoms with van der Waals surface area (Å²) in [7, 11) is 1.66. The van der Waals surface area contributed by atoms with Gasteiger partial charge in [-0.15, -0.1) is 0 Å². The molecule has 0 aliphatic carbocycles. The first kappa shape index (κ1) is 20.8. The van der Waals surface area contributed by atoms with E-state index in [0.717, 1.165) is 44.2 Å². The van der Waals surface area contributed by atoms with E-state index in [1.807, 2.05) is 6.07 Å². The minimum atomic E-state index is -0.0204. The van der Waals surface area contributed by atoms with E-state index in [0.29, 0.717) is 6.04 Å². The van der Waals surface area contributed by atoms with Crippen molar-refractivity contribution in [3.63, 3.8) is 0 Å². The van der Waals surface area contributed by atoms with Gasteiger partial charge in [-0.2, -0.15) is 0 Å². The number of rotatable bonds is 7. The Morgan fingerprint density at radius 1 is 1.13 bits per heavy atom. The second-order valence-corrected chi connectivity index (χ2v) is 8.37. The number of hydrogen-bond acceptors (Lipinski definition) is 5. The Kier molecular flexibility index (Phi) is 7.00. The van der Waals surface area contributed by atoms with Crippen molar-refractivity contribution in [2.24, 2.45) is 5.92 Å². The van der Waals surface area contributed by atoms with Crippen LogP contribution in [-0.4, -0.2) is 50.7 Å². The summed E-state index contributed by atoms with van der Waals surface area (Å²) < 4.78 is 0. The molecule has 4 N–H and O–H groups in total. The zero-order valence-electron chi connectivity index (χ0n) is 17.8. The first-order valence-corrected chi connectivity index (χ1v) is 11.1. The number of hydrogen-bond donors (Lipinski definition) is 4. The SMILES string of the molecule is CNC(=O)CNc1cc(-c2ccccc2)cc(C2CCN(CC3CCCNC3)N2)c1. The van der Waals surface area contributed by atoms with Crippen LogP contribution >= 0.6 is 0 Å². The predicted molar refractivity (Wildman–Crippen MR) is 122 cm³/mol. The van der Waals surface area contributed by atoms with E-state index in [9.17, 15) is 4.79 Å². The smallest absolute Gasteiger partial charge is 0.239 e. The number of carbonyl (C=O) groups excluding carboxylic acids is 1. The second-order valence-electron chi connectivity index (χ2n) is 8.37. The minimum absolute atomic E-state index is 0.0204. The lowest BCUT2D eigenvalue weighted by molar-refractivity contribution is -0.118. The largest absolute Gasteiger partial charge is 0.376 e. The van der Waals surface area contributed by atoms with Crippen molar-refractivity contribution < 1.29 is 4.79 Å². The first-order chi connectivity index (χ1) is 14.7. The van der Waals surface area contributed by atoms with Crippen LogP contribution in [0.4, 0.5) is 5.69 Å². The number of benzene rings is 2. The average Bonchev–Trinajstić information content (AvgIpc) is 3.27. The van der Waals surface area contributed by atoms with Gasteiger partial charge in [0.05, 0.1) is 6.54 Å². The molecule has 2 aliphatic rings. The van der Waals surface area contributed by atoms with Gasteiger partial charge in [-0.05, 0) is 73.2 Å². The van der Waals surface area contributed by atoms with Crippen LogP contribution < -0.4 is 21.4 Å². The van der Waals surface area contributed by atoms with Crippen LogP contribution in [0.5, 0.6) is 0 Å². The molecule has 0 radical (unpaired) electrons. The summed E-state index contributed by atoms with van der Waals surface area (Å²) in [4.78, 5) is 11.7. The third-order valence-electron chi connectivity index (χ3n) is 6.10. The Hall–Kier alpha value is -2.41. The summed E-state index contributed by atoms with van der Waals surface area (Å²) in [5, 5.41) is 11.9. The van der Waals surface area contributed by atoms with Crippen molar-refractivity contribution in [3.05, 3.63) is 54.1 Å². The van der Waals surface area contributed by atoms with E-state index in [1.54, 1.807) is 7.05 Å². The Bertz CT molecular complexity index is 835. The maximum absolute atomic E-state index is 11.7. The summed E-state index contributed by atoms with van der Waals surface area (Å²) in [6.07, 6.45) is 3.68. The van der Waals surface area contributed by atoms with E-state index < -0.39 is 0 Å². The van der Waals surface area contributed by atoms with Gasteiger partial charge in [-0.25, -0.2) is 10.4 Å². The van der Waals surface area contributed by atoms with Crippen LogP contribution in [-0.2, 0) is 4.79 Å². The van der Waals surface area contributed by atoms with Gasteiger partial charge in [0.25, 0.3) is 0 Å². The lowest BCUT2D eigenvalue weighted by atomic mass is 9.97. The van der Waals surface area contributed by atoms with Crippen molar-refractivity contribution in [1.82, 2.24) is 21.1 Å². The van der Waals surface area contributed by atoms with Crippen molar-refractivity contribution in [2.45, 2.75) is 25.3 Å². The summed E-state index contributed by atoms with van der Waals surface area (Å²) in [6, 6.07) is 17.3. The minimum Gasteiger partial charge on any atom is -0.376 e. The quantitative estimate of drug-likeness (QED) is 0.568. The molecule has 6 nitrogen and oxygen atoms in total. The number of nitrogens with zero attached hydrogens (tertiary/aromatic N) is 1. The molecule has 6 heteroatoms. The number of likely N-dealkylation sites (N-methyl/N-ethyl adjacent to an activating group) is 1. The van der Waals surface area contributed by atoms with Gasteiger partial charge >= 0.3 is 0 Å². The van der Waals surface area contributed by atoms with E-state index in [1.165, 1.54) is 29.5 Å². The molecule has 4 rings (SSSR count). The van der Waals surface area contributed by atoms with Crippen LogP contribution in [0.25, 0.3) is 11.1 Å². The maximum atomic E-state index is 11.7. The van der Waals surface area contributed by atoms with Crippen LogP contribution in [0.2, 0.25) is 0 Å². The van der Waals surface area contributed by atoms with Crippen molar-refractivity contribution in [1.29, 1.82) is 0 Å². The second kappa shape index (κ2) is 10.1. The van der Waals surface area contributed by atoms with Crippen LogP contribution in [0.15, 0.2) is 48.5 Å². The molecule has 30 heavy (non-hydrogen) atoms. The number of carbonyl (C=O) groups is 1. The van der Waals surface area contributed by atoms with Crippen LogP contribution in [0.3, 0.4) is 0 Å². The first-order valence-electron chi connectivity index (χ1n) is 11.1. The van der Waals surface area contributed by atoms with Gasteiger partial charge in [0.1, 0.15) is 0 Å². The number of piperidine rings is 1. The molecule has 2 saturated heterocycles.